The number of hydrogen-bond donors (Lipinski definition) is 5. The molecule has 0 bridgehead atoms. The van der Waals surface area contributed by atoms with Crippen molar-refractivity contribution < 1.29 is 33.5 Å². The van der Waals surface area contributed by atoms with E-state index >= 15 is 0 Å². The Morgan fingerprint density at radius 3 is 2.43 bits per heavy atom. The number of ether oxygens (including phenoxy) is 1. The van der Waals surface area contributed by atoms with E-state index < -0.39 is 47.4 Å². The van der Waals surface area contributed by atoms with Gasteiger partial charge in [0, 0.05) is 23.2 Å². The number of carbonyl (C=O) groups is 4. The fourth-order valence-electron chi connectivity index (χ4n) is 4.08. The molecular weight excluding hydrogens is 628 g/mol. The molecule has 5 N–H and O–H groups in total. The summed E-state index contributed by atoms with van der Waals surface area (Å²) in [5.74, 6) is -2.17. The standard InChI is InChI=1S/C33H37ClN6O7/c1-19-13-26(40-47-19)31(44)38-28(20(2)41)32(45)37-27(30(43)36-17-22-10-6-7-12-25(22)34)18-46-24-11-8-9-21(15-24)14-23(16-35)29(42)39-33(3,4)5/h6-15,20,27-28,41H,17-18H2,1-5H3,(H,36,43)(H,37,45)(H,38,44)(H,39,42)/t20-,27?,28+/m1/s1. The minimum atomic E-state index is -1.46. The molecule has 13 nitrogen and oxygen atoms in total. The lowest BCUT2D eigenvalue weighted by Crippen LogP contribution is -2.58. The van der Waals surface area contributed by atoms with Gasteiger partial charge in [-0.2, -0.15) is 5.26 Å². The molecule has 4 amide bonds. The molecule has 14 heteroatoms. The highest BCUT2D eigenvalue weighted by Crippen LogP contribution is 2.18. The quantitative estimate of drug-likeness (QED) is 0.135. The number of rotatable bonds is 13. The summed E-state index contributed by atoms with van der Waals surface area (Å²) in [5, 5.41) is 34.3. The molecule has 1 unspecified atom stereocenters. The van der Waals surface area contributed by atoms with Gasteiger partial charge in [-0.3, -0.25) is 19.2 Å². The molecule has 3 atom stereocenters. The molecule has 1 aromatic heterocycles. The van der Waals surface area contributed by atoms with Crippen LogP contribution in [-0.4, -0.2) is 64.2 Å². The Morgan fingerprint density at radius 2 is 1.81 bits per heavy atom. The van der Waals surface area contributed by atoms with Crippen LogP contribution in [-0.2, 0) is 20.9 Å². The summed E-state index contributed by atoms with van der Waals surface area (Å²) < 4.78 is 10.8. The average molecular weight is 665 g/mol. The number of nitrogens with one attached hydrogen (secondary N) is 4. The zero-order valence-corrected chi connectivity index (χ0v) is 27.3. The summed E-state index contributed by atoms with van der Waals surface area (Å²) in [7, 11) is 0. The van der Waals surface area contributed by atoms with Crippen LogP contribution in [0.1, 0.15) is 55.1 Å². The van der Waals surface area contributed by atoms with E-state index in [4.69, 9.17) is 20.9 Å². The van der Waals surface area contributed by atoms with Gasteiger partial charge in [-0.15, -0.1) is 0 Å². The first-order valence-electron chi connectivity index (χ1n) is 14.6. The van der Waals surface area contributed by atoms with Crippen LogP contribution in [0.2, 0.25) is 5.02 Å². The molecule has 2 aromatic carbocycles. The molecule has 0 aliphatic carbocycles. The Hall–Kier alpha value is -5.19. The molecule has 0 saturated heterocycles. The van der Waals surface area contributed by atoms with Gasteiger partial charge in [0.1, 0.15) is 41.8 Å². The third kappa shape index (κ3) is 11.3. The number of hydrogen-bond acceptors (Lipinski definition) is 9. The molecule has 0 fully saturated rings. The van der Waals surface area contributed by atoms with E-state index in [0.29, 0.717) is 21.9 Å². The lowest BCUT2D eigenvalue weighted by atomic mass is 10.1. The van der Waals surface area contributed by atoms with Crippen LogP contribution in [0, 0.1) is 18.3 Å². The van der Waals surface area contributed by atoms with Crippen LogP contribution in [0.15, 0.2) is 64.7 Å². The number of nitriles is 1. The number of aromatic nitrogens is 1. The van der Waals surface area contributed by atoms with E-state index in [1.807, 2.05) is 6.07 Å². The molecule has 3 aromatic rings. The Balaban J connectivity index is 1.80. The average Bonchev–Trinajstić information content (AvgIpc) is 3.45. The summed E-state index contributed by atoms with van der Waals surface area (Å²) in [6, 6.07) is 13.8. The van der Waals surface area contributed by atoms with Gasteiger partial charge in [-0.05, 0) is 70.0 Å². The number of amides is 4. The Labute approximate surface area is 277 Å². The fourth-order valence-corrected chi connectivity index (χ4v) is 4.28. The predicted molar refractivity (Wildman–Crippen MR) is 173 cm³/mol. The largest absolute Gasteiger partial charge is 0.491 e. The van der Waals surface area contributed by atoms with Crippen LogP contribution in [0.5, 0.6) is 5.75 Å². The predicted octanol–water partition coefficient (Wildman–Crippen LogP) is 2.82. The Kier molecular flexibility index (Phi) is 12.7. The summed E-state index contributed by atoms with van der Waals surface area (Å²) in [5.41, 5.74) is 0.353. The van der Waals surface area contributed by atoms with E-state index in [0.717, 1.165) is 0 Å². The minimum absolute atomic E-state index is 0.0425. The SMILES string of the molecule is Cc1cc(C(=O)N[C@H](C(=O)NC(COc2cccc(C=C(C#N)C(=O)NC(C)(C)C)c2)C(=O)NCc2ccccc2Cl)[C@@H](C)O)no1. The fraction of sp³-hybridized carbons (Fsp3) is 0.333. The maximum absolute atomic E-state index is 13.4. The van der Waals surface area contributed by atoms with Crippen molar-refractivity contribution in [1.82, 2.24) is 26.4 Å². The van der Waals surface area contributed by atoms with Crippen molar-refractivity contribution >= 4 is 41.3 Å². The highest BCUT2D eigenvalue weighted by Gasteiger charge is 2.31. The number of carbonyl (C=O) groups excluding carboxylic acids is 4. The van der Waals surface area contributed by atoms with Gasteiger partial charge >= 0.3 is 0 Å². The van der Waals surface area contributed by atoms with E-state index in [2.05, 4.69) is 26.4 Å². The lowest BCUT2D eigenvalue weighted by molar-refractivity contribution is -0.132. The van der Waals surface area contributed by atoms with Crippen LogP contribution in [0.4, 0.5) is 0 Å². The summed E-state index contributed by atoms with van der Waals surface area (Å²) in [6.45, 7) is 7.95. The second-order valence-electron chi connectivity index (χ2n) is 11.6. The second-order valence-corrected chi connectivity index (χ2v) is 12.0. The molecule has 0 aliphatic rings. The first kappa shape index (κ1) is 36.3. The molecule has 0 saturated carbocycles. The number of halogens is 1. The lowest BCUT2D eigenvalue weighted by Gasteiger charge is -2.24. The van der Waals surface area contributed by atoms with Crippen molar-refractivity contribution in [2.24, 2.45) is 0 Å². The van der Waals surface area contributed by atoms with Gasteiger partial charge < -0.3 is 35.6 Å². The second kappa shape index (κ2) is 16.4. The topological polar surface area (TPSA) is 196 Å². The zero-order valence-electron chi connectivity index (χ0n) is 26.6. The summed E-state index contributed by atoms with van der Waals surface area (Å²) >= 11 is 6.23. The van der Waals surface area contributed by atoms with Gasteiger partial charge in [0.2, 0.25) is 11.8 Å². The zero-order chi connectivity index (χ0) is 34.7. The third-order valence-electron chi connectivity index (χ3n) is 6.40. The van der Waals surface area contributed by atoms with Crippen molar-refractivity contribution in [1.29, 1.82) is 5.26 Å². The van der Waals surface area contributed by atoms with Gasteiger partial charge in [0.15, 0.2) is 5.69 Å². The molecule has 47 heavy (non-hydrogen) atoms. The number of aliphatic hydroxyl groups is 1. The first-order valence-corrected chi connectivity index (χ1v) is 15.0. The van der Waals surface area contributed by atoms with Crippen molar-refractivity contribution in [2.75, 3.05) is 6.61 Å². The molecule has 0 radical (unpaired) electrons. The van der Waals surface area contributed by atoms with E-state index in [-0.39, 0.29) is 30.2 Å². The van der Waals surface area contributed by atoms with Gasteiger partial charge in [0.05, 0.1) is 6.10 Å². The maximum atomic E-state index is 13.4. The van der Waals surface area contributed by atoms with E-state index in [1.165, 1.54) is 19.1 Å². The van der Waals surface area contributed by atoms with Gasteiger partial charge in [0.25, 0.3) is 11.8 Å². The van der Waals surface area contributed by atoms with Gasteiger partial charge in [-0.25, -0.2) is 0 Å². The van der Waals surface area contributed by atoms with Crippen LogP contribution in [0.3, 0.4) is 0 Å². The number of nitrogens with zero attached hydrogens (tertiary/aromatic N) is 2. The summed E-state index contributed by atoms with van der Waals surface area (Å²) in [6.07, 6.45) is 0.0449. The summed E-state index contributed by atoms with van der Waals surface area (Å²) in [4.78, 5) is 51.9. The number of aryl methyl sites for hydroxylation is 1. The van der Waals surface area contributed by atoms with Gasteiger partial charge in [-0.1, -0.05) is 47.1 Å². The molecule has 248 valence electrons. The third-order valence-corrected chi connectivity index (χ3v) is 6.76. The van der Waals surface area contributed by atoms with E-state index in [9.17, 15) is 29.5 Å². The molecule has 0 spiro atoms. The minimum Gasteiger partial charge on any atom is -0.491 e. The molecule has 1 heterocycles. The smallest absolute Gasteiger partial charge is 0.274 e. The van der Waals surface area contributed by atoms with E-state index in [1.54, 1.807) is 76.2 Å². The van der Waals surface area contributed by atoms with Crippen molar-refractivity contribution in [3.63, 3.8) is 0 Å². The Morgan fingerprint density at radius 1 is 1.09 bits per heavy atom. The van der Waals surface area contributed by atoms with Crippen molar-refractivity contribution in [3.8, 4) is 11.8 Å². The van der Waals surface area contributed by atoms with Crippen molar-refractivity contribution in [3.05, 3.63) is 87.8 Å². The Bertz CT molecular complexity index is 1670. The molecule has 3 rings (SSSR count). The molecule has 0 aliphatic heterocycles. The van der Waals surface area contributed by atoms with Crippen LogP contribution >= 0.6 is 11.6 Å². The number of benzene rings is 2. The highest BCUT2D eigenvalue weighted by atomic mass is 35.5. The molecular formula is C33H37ClN6O7. The highest BCUT2D eigenvalue weighted by molar-refractivity contribution is 6.31. The van der Waals surface area contributed by atoms with Crippen LogP contribution in [0.25, 0.3) is 6.08 Å². The normalized spacial score (nSPS) is 13.4. The first-order chi connectivity index (χ1) is 22.2. The van der Waals surface area contributed by atoms with Crippen molar-refractivity contribution in [2.45, 2.75) is 64.9 Å². The maximum Gasteiger partial charge on any atom is 0.274 e. The monoisotopic (exact) mass is 664 g/mol. The van der Waals surface area contributed by atoms with Crippen LogP contribution < -0.4 is 26.0 Å². The number of aliphatic hydroxyl groups excluding tert-OH is 1.